The summed E-state index contributed by atoms with van der Waals surface area (Å²) in [7, 11) is 0. The van der Waals surface area contributed by atoms with Gasteiger partial charge in [-0.3, -0.25) is 4.57 Å². The highest BCUT2D eigenvalue weighted by Gasteiger charge is 2.20. The molecule has 0 unspecified atom stereocenters. The number of hydrogen-bond acceptors (Lipinski definition) is 5. The zero-order valence-corrected chi connectivity index (χ0v) is 30.4. The van der Waals surface area contributed by atoms with Crippen molar-refractivity contribution in [3.05, 3.63) is 182 Å². The molecule has 0 aliphatic carbocycles. The molecule has 0 bridgehead atoms. The Bertz CT molecular complexity index is 3420. The standard InChI is InChI=1S/C50H30N6O/c1-3-13-31(14-4-1)47-52-48(32-15-5-2-6-16-32)54-50(53-47)56-44-22-12-9-19-38(44)39-27-33(23-25-45(39)56)34-24-26-46-40(28-34)41-29-35(30-51-49(41)57-46)55-42-20-10-7-17-36(42)37-18-8-11-21-43(37)55/h1-30H. The number of furan rings is 1. The van der Waals surface area contributed by atoms with Crippen LogP contribution in [0.1, 0.15) is 0 Å². The lowest BCUT2D eigenvalue weighted by atomic mass is 10.0. The average molecular weight is 731 g/mol. The SMILES string of the molecule is c1ccc(-c2nc(-c3ccccc3)nc(-n3c4ccccc4c4cc(-c5ccc6oc7ncc(-n8c9ccccc9c9ccccc98)cc7c6c5)ccc43)n2)cc1. The van der Waals surface area contributed by atoms with Crippen LogP contribution in [0.4, 0.5) is 0 Å². The monoisotopic (exact) mass is 730 g/mol. The average Bonchev–Trinajstić information content (AvgIpc) is 3.94. The molecule has 12 rings (SSSR count). The van der Waals surface area contributed by atoms with Crippen LogP contribution in [-0.4, -0.2) is 29.1 Å². The summed E-state index contributed by atoms with van der Waals surface area (Å²) in [5.74, 6) is 1.82. The Morgan fingerprint density at radius 2 is 0.877 bits per heavy atom. The van der Waals surface area contributed by atoms with E-state index in [-0.39, 0.29) is 0 Å². The predicted octanol–water partition coefficient (Wildman–Crippen LogP) is 12.4. The minimum Gasteiger partial charge on any atom is -0.438 e. The third kappa shape index (κ3) is 4.92. The first kappa shape index (κ1) is 31.5. The number of para-hydroxylation sites is 3. The zero-order valence-electron chi connectivity index (χ0n) is 30.4. The first-order valence-corrected chi connectivity index (χ1v) is 19.0. The van der Waals surface area contributed by atoms with Gasteiger partial charge in [0.15, 0.2) is 11.6 Å². The van der Waals surface area contributed by atoms with Gasteiger partial charge in [0.25, 0.3) is 0 Å². The fourth-order valence-electron chi connectivity index (χ4n) is 8.42. The molecule has 0 saturated heterocycles. The second-order valence-corrected chi connectivity index (χ2v) is 14.3. The maximum Gasteiger partial charge on any atom is 0.238 e. The van der Waals surface area contributed by atoms with E-state index in [0.29, 0.717) is 23.3 Å². The van der Waals surface area contributed by atoms with Crippen molar-refractivity contribution in [2.24, 2.45) is 0 Å². The minimum absolute atomic E-state index is 0.569. The Hall–Kier alpha value is -7.90. The Morgan fingerprint density at radius 1 is 0.368 bits per heavy atom. The number of hydrogen-bond donors (Lipinski definition) is 0. The highest BCUT2D eigenvalue weighted by molar-refractivity contribution is 6.12. The highest BCUT2D eigenvalue weighted by atomic mass is 16.3. The summed E-state index contributed by atoms with van der Waals surface area (Å²) in [6.07, 6.45) is 1.91. The summed E-state index contributed by atoms with van der Waals surface area (Å²) >= 11 is 0. The smallest absolute Gasteiger partial charge is 0.238 e. The van der Waals surface area contributed by atoms with Gasteiger partial charge in [0.1, 0.15) is 5.58 Å². The molecule has 7 nitrogen and oxygen atoms in total. The molecule has 7 heteroatoms. The molecule has 5 heterocycles. The molecule has 7 aromatic carbocycles. The van der Waals surface area contributed by atoms with Crippen LogP contribution in [0.5, 0.6) is 0 Å². The molecule has 0 atom stereocenters. The van der Waals surface area contributed by atoms with Crippen molar-refractivity contribution in [1.82, 2.24) is 29.1 Å². The Kier molecular flexibility index (Phi) is 6.79. The molecule has 12 aromatic rings. The van der Waals surface area contributed by atoms with Gasteiger partial charge >= 0.3 is 0 Å². The van der Waals surface area contributed by atoms with Crippen LogP contribution < -0.4 is 0 Å². The van der Waals surface area contributed by atoms with E-state index in [4.69, 9.17) is 24.4 Å². The molecule has 5 aromatic heterocycles. The van der Waals surface area contributed by atoms with E-state index in [0.717, 1.165) is 77.1 Å². The fraction of sp³-hybridized carbons (Fsp3) is 0. The fourth-order valence-corrected chi connectivity index (χ4v) is 8.42. The van der Waals surface area contributed by atoms with Gasteiger partial charge in [0, 0.05) is 38.1 Å². The molecule has 57 heavy (non-hydrogen) atoms. The molecule has 0 amide bonds. The minimum atomic E-state index is 0.569. The van der Waals surface area contributed by atoms with E-state index in [1.807, 2.05) is 66.9 Å². The van der Waals surface area contributed by atoms with Crippen LogP contribution in [0.25, 0.3) is 111 Å². The zero-order chi connectivity index (χ0) is 37.5. The van der Waals surface area contributed by atoms with Gasteiger partial charge in [0.2, 0.25) is 11.7 Å². The van der Waals surface area contributed by atoms with Crippen LogP contribution in [-0.2, 0) is 0 Å². The van der Waals surface area contributed by atoms with E-state index >= 15 is 0 Å². The molecule has 0 aliphatic heterocycles. The molecule has 0 radical (unpaired) electrons. The maximum absolute atomic E-state index is 6.31. The van der Waals surface area contributed by atoms with Gasteiger partial charge in [-0.15, -0.1) is 0 Å². The van der Waals surface area contributed by atoms with Crippen molar-refractivity contribution >= 4 is 65.7 Å². The Morgan fingerprint density at radius 3 is 1.51 bits per heavy atom. The molecule has 0 fully saturated rings. The Balaban J connectivity index is 1.02. The van der Waals surface area contributed by atoms with Crippen LogP contribution in [0.3, 0.4) is 0 Å². The van der Waals surface area contributed by atoms with E-state index in [2.05, 4.69) is 124 Å². The summed E-state index contributed by atoms with van der Waals surface area (Å²) in [6.45, 7) is 0. The van der Waals surface area contributed by atoms with Crippen molar-refractivity contribution in [3.63, 3.8) is 0 Å². The lowest BCUT2D eigenvalue weighted by molar-refractivity contribution is 0.654. The molecular weight excluding hydrogens is 701 g/mol. The maximum atomic E-state index is 6.31. The van der Waals surface area contributed by atoms with Crippen LogP contribution in [0, 0.1) is 0 Å². The molecule has 0 saturated carbocycles. The van der Waals surface area contributed by atoms with E-state index in [1.165, 1.54) is 10.8 Å². The molecule has 266 valence electrons. The van der Waals surface area contributed by atoms with Crippen molar-refractivity contribution in [2.75, 3.05) is 0 Å². The highest BCUT2D eigenvalue weighted by Crippen LogP contribution is 2.38. The van der Waals surface area contributed by atoms with Crippen molar-refractivity contribution in [1.29, 1.82) is 0 Å². The van der Waals surface area contributed by atoms with E-state index in [1.54, 1.807) is 0 Å². The van der Waals surface area contributed by atoms with Crippen LogP contribution in [0.2, 0.25) is 0 Å². The van der Waals surface area contributed by atoms with E-state index < -0.39 is 0 Å². The molecule has 0 N–H and O–H groups in total. The summed E-state index contributed by atoms with van der Waals surface area (Å²) in [6, 6.07) is 61.0. The summed E-state index contributed by atoms with van der Waals surface area (Å²) in [4.78, 5) is 20.0. The number of nitrogens with zero attached hydrogens (tertiary/aromatic N) is 6. The van der Waals surface area contributed by atoms with Crippen LogP contribution in [0.15, 0.2) is 187 Å². The molecular formula is C50H30N6O. The van der Waals surface area contributed by atoms with Gasteiger partial charge in [-0.25, -0.2) is 9.97 Å². The number of aromatic nitrogens is 6. The molecule has 0 aliphatic rings. The lowest BCUT2D eigenvalue weighted by Gasteiger charge is -2.11. The second kappa shape index (κ2) is 12.3. The first-order chi connectivity index (χ1) is 28.2. The first-order valence-electron chi connectivity index (χ1n) is 19.0. The summed E-state index contributed by atoms with van der Waals surface area (Å²) in [5.41, 5.74) is 10.8. The lowest BCUT2D eigenvalue weighted by Crippen LogP contribution is -2.06. The van der Waals surface area contributed by atoms with Crippen molar-refractivity contribution in [2.45, 2.75) is 0 Å². The quantitative estimate of drug-likeness (QED) is 0.176. The third-order valence-electron chi connectivity index (χ3n) is 11.0. The van der Waals surface area contributed by atoms with Crippen molar-refractivity contribution in [3.8, 4) is 45.5 Å². The van der Waals surface area contributed by atoms with Gasteiger partial charge < -0.3 is 8.98 Å². The van der Waals surface area contributed by atoms with Crippen LogP contribution >= 0.6 is 0 Å². The third-order valence-corrected chi connectivity index (χ3v) is 11.0. The Labute approximate surface area is 325 Å². The van der Waals surface area contributed by atoms with Gasteiger partial charge in [-0.2, -0.15) is 9.97 Å². The van der Waals surface area contributed by atoms with Gasteiger partial charge in [-0.1, -0.05) is 127 Å². The van der Waals surface area contributed by atoms with Gasteiger partial charge in [-0.05, 0) is 59.7 Å². The topological polar surface area (TPSA) is 74.6 Å². The largest absolute Gasteiger partial charge is 0.438 e. The number of pyridine rings is 1. The number of fused-ring (bicyclic) bond motifs is 9. The summed E-state index contributed by atoms with van der Waals surface area (Å²) in [5, 5.41) is 6.65. The predicted molar refractivity (Wildman–Crippen MR) is 230 cm³/mol. The number of benzene rings is 7. The molecule has 0 spiro atoms. The normalized spacial score (nSPS) is 11.9. The van der Waals surface area contributed by atoms with Gasteiger partial charge in [0.05, 0.1) is 39.3 Å². The van der Waals surface area contributed by atoms with E-state index in [9.17, 15) is 0 Å². The second-order valence-electron chi connectivity index (χ2n) is 14.3. The van der Waals surface area contributed by atoms with Crippen molar-refractivity contribution < 1.29 is 4.42 Å². The number of rotatable bonds is 5. The summed E-state index contributed by atoms with van der Waals surface area (Å²) < 4.78 is 10.8.